The summed E-state index contributed by atoms with van der Waals surface area (Å²) in [5.41, 5.74) is 6.05. The van der Waals surface area contributed by atoms with Crippen molar-refractivity contribution in [2.75, 3.05) is 19.6 Å². The number of aromatic amines is 1. The maximum absolute atomic E-state index is 5.42. The van der Waals surface area contributed by atoms with Gasteiger partial charge in [0.05, 0.1) is 19.9 Å². The predicted molar refractivity (Wildman–Crippen MR) is 74.4 cm³/mol. The third-order valence-electron chi connectivity index (χ3n) is 2.99. The van der Waals surface area contributed by atoms with Crippen LogP contribution in [-0.4, -0.2) is 24.2 Å². The van der Waals surface area contributed by atoms with E-state index in [1.807, 2.05) is 26.0 Å². The lowest BCUT2D eigenvalue weighted by Crippen LogP contribution is -2.07. The number of hydrogen-bond acceptors (Lipinski definition) is 5. The first-order valence-corrected chi connectivity index (χ1v) is 5.87. The Morgan fingerprint density at radius 1 is 1.16 bits per heavy atom. The number of nitrogens with two attached hydrogens (primary N) is 1. The molecule has 6 nitrogen and oxygen atoms in total. The van der Waals surface area contributed by atoms with Crippen LogP contribution >= 0.6 is 0 Å². The monoisotopic (exact) mass is 262 g/mol. The fourth-order valence-corrected chi connectivity index (χ4v) is 2.03. The molecule has 6 heteroatoms. The minimum Gasteiger partial charge on any atom is -0.496 e. The van der Waals surface area contributed by atoms with Crippen LogP contribution in [0.5, 0.6) is 11.5 Å². The molecule has 102 valence electrons. The summed E-state index contributed by atoms with van der Waals surface area (Å²) in [5, 5.41) is 0. The zero-order chi connectivity index (χ0) is 14.0. The fraction of sp³-hybridized carbons (Fsp3) is 0.308. The van der Waals surface area contributed by atoms with E-state index in [4.69, 9.17) is 15.3 Å². The zero-order valence-corrected chi connectivity index (χ0v) is 11.5. The number of H-pyrrole nitrogens is 1. The SMILES string of the molecule is COc1cc(-c2nc(NN)[nH]c2C)c(OC)cc1C. The summed E-state index contributed by atoms with van der Waals surface area (Å²) in [4.78, 5) is 7.44. The minimum atomic E-state index is 0.508. The molecule has 1 heterocycles. The van der Waals surface area contributed by atoms with Gasteiger partial charge in [0, 0.05) is 11.3 Å². The van der Waals surface area contributed by atoms with Crippen LogP contribution in [0, 0.1) is 13.8 Å². The van der Waals surface area contributed by atoms with Gasteiger partial charge in [0.15, 0.2) is 0 Å². The van der Waals surface area contributed by atoms with E-state index in [0.717, 1.165) is 34.0 Å². The maximum Gasteiger partial charge on any atom is 0.215 e. The van der Waals surface area contributed by atoms with E-state index in [2.05, 4.69) is 15.4 Å². The Balaban J connectivity index is 2.62. The van der Waals surface area contributed by atoms with Crippen LogP contribution in [-0.2, 0) is 0 Å². The molecule has 0 atom stereocenters. The molecular weight excluding hydrogens is 244 g/mol. The number of methoxy groups -OCH3 is 2. The quantitative estimate of drug-likeness (QED) is 0.579. The van der Waals surface area contributed by atoms with Crippen molar-refractivity contribution < 1.29 is 9.47 Å². The van der Waals surface area contributed by atoms with Crippen LogP contribution in [0.2, 0.25) is 0 Å². The van der Waals surface area contributed by atoms with E-state index in [1.54, 1.807) is 14.2 Å². The molecular formula is C13H18N4O2. The van der Waals surface area contributed by atoms with Gasteiger partial charge in [-0.2, -0.15) is 0 Å². The topological polar surface area (TPSA) is 85.2 Å². The van der Waals surface area contributed by atoms with Crippen LogP contribution in [0.1, 0.15) is 11.3 Å². The predicted octanol–water partition coefficient (Wildman–Crippen LogP) is 2.00. The van der Waals surface area contributed by atoms with Crippen molar-refractivity contribution in [3.63, 3.8) is 0 Å². The van der Waals surface area contributed by atoms with E-state index >= 15 is 0 Å². The average molecular weight is 262 g/mol. The molecule has 2 aromatic rings. The Bertz CT molecular complexity index is 593. The molecule has 0 amide bonds. The van der Waals surface area contributed by atoms with Gasteiger partial charge in [-0.05, 0) is 31.5 Å². The third-order valence-corrected chi connectivity index (χ3v) is 2.99. The molecule has 1 aromatic heterocycles. The van der Waals surface area contributed by atoms with E-state index in [0.29, 0.717) is 5.95 Å². The lowest BCUT2D eigenvalue weighted by Gasteiger charge is -2.12. The highest BCUT2D eigenvalue weighted by molar-refractivity contribution is 5.73. The molecule has 0 saturated heterocycles. The molecule has 19 heavy (non-hydrogen) atoms. The molecule has 0 saturated carbocycles. The molecule has 0 aliphatic rings. The smallest absolute Gasteiger partial charge is 0.215 e. The van der Waals surface area contributed by atoms with Crippen LogP contribution in [0.25, 0.3) is 11.3 Å². The van der Waals surface area contributed by atoms with Crippen molar-refractivity contribution in [3.8, 4) is 22.8 Å². The van der Waals surface area contributed by atoms with Gasteiger partial charge in [0.1, 0.15) is 11.5 Å². The molecule has 2 rings (SSSR count). The number of hydrogen-bond donors (Lipinski definition) is 3. The summed E-state index contributed by atoms with van der Waals surface area (Å²) in [6.45, 7) is 3.89. The summed E-state index contributed by atoms with van der Waals surface area (Å²) in [6, 6.07) is 3.84. The van der Waals surface area contributed by atoms with Crippen molar-refractivity contribution in [2.24, 2.45) is 5.84 Å². The van der Waals surface area contributed by atoms with E-state index in [1.165, 1.54) is 0 Å². The lowest BCUT2D eigenvalue weighted by atomic mass is 10.1. The molecule has 0 radical (unpaired) electrons. The summed E-state index contributed by atoms with van der Waals surface area (Å²) in [5.74, 6) is 7.41. The molecule has 0 aliphatic heterocycles. The molecule has 4 N–H and O–H groups in total. The number of nitrogens with one attached hydrogen (secondary N) is 2. The van der Waals surface area contributed by atoms with Crippen molar-refractivity contribution in [1.82, 2.24) is 9.97 Å². The summed E-state index contributed by atoms with van der Waals surface area (Å²) in [6.07, 6.45) is 0. The minimum absolute atomic E-state index is 0.508. The summed E-state index contributed by atoms with van der Waals surface area (Å²) >= 11 is 0. The van der Waals surface area contributed by atoms with E-state index < -0.39 is 0 Å². The van der Waals surface area contributed by atoms with Crippen LogP contribution in [0.15, 0.2) is 12.1 Å². The van der Waals surface area contributed by atoms with Crippen molar-refractivity contribution in [2.45, 2.75) is 13.8 Å². The average Bonchev–Trinajstić information content (AvgIpc) is 2.79. The molecule has 0 bridgehead atoms. The van der Waals surface area contributed by atoms with Gasteiger partial charge in [-0.1, -0.05) is 0 Å². The number of imidazole rings is 1. The Labute approximate surface area is 111 Å². The number of anilines is 1. The number of aromatic nitrogens is 2. The van der Waals surface area contributed by atoms with Gasteiger partial charge in [0.25, 0.3) is 0 Å². The van der Waals surface area contributed by atoms with Gasteiger partial charge >= 0.3 is 0 Å². The Morgan fingerprint density at radius 2 is 1.84 bits per heavy atom. The van der Waals surface area contributed by atoms with Gasteiger partial charge in [-0.25, -0.2) is 10.8 Å². The lowest BCUT2D eigenvalue weighted by molar-refractivity contribution is 0.401. The fourth-order valence-electron chi connectivity index (χ4n) is 2.03. The van der Waals surface area contributed by atoms with Crippen LogP contribution < -0.4 is 20.7 Å². The standard InChI is InChI=1S/C13H18N4O2/c1-7-5-11(19-4)9(6-10(7)18-3)12-8(2)15-13(16-12)17-14/h5-6H,14H2,1-4H3,(H2,15,16,17). The molecule has 0 unspecified atom stereocenters. The van der Waals surface area contributed by atoms with Crippen molar-refractivity contribution in [1.29, 1.82) is 0 Å². The van der Waals surface area contributed by atoms with Crippen molar-refractivity contribution >= 4 is 5.95 Å². The highest BCUT2D eigenvalue weighted by Crippen LogP contribution is 2.36. The second kappa shape index (κ2) is 5.19. The summed E-state index contributed by atoms with van der Waals surface area (Å²) in [7, 11) is 3.28. The van der Waals surface area contributed by atoms with Gasteiger partial charge in [0.2, 0.25) is 5.95 Å². The van der Waals surface area contributed by atoms with Crippen LogP contribution in [0.3, 0.4) is 0 Å². The first kappa shape index (κ1) is 13.2. The number of hydrazine groups is 1. The number of nitrogen functional groups attached to an aromatic ring is 1. The van der Waals surface area contributed by atoms with E-state index in [9.17, 15) is 0 Å². The van der Waals surface area contributed by atoms with Crippen molar-refractivity contribution in [3.05, 3.63) is 23.4 Å². The third kappa shape index (κ3) is 2.34. The summed E-state index contributed by atoms with van der Waals surface area (Å²) < 4.78 is 10.8. The number of rotatable bonds is 4. The Morgan fingerprint density at radius 3 is 2.37 bits per heavy atom. The molecule has 0 spiro atoms. The number of nitrogens with zero attached hydrogens (tertiary/aromatic N) is 1. The van der Waals surface area contributed by atoms with Crippen LogP contribution in [0.4, 0.5) is 5.95 Å². The second-order valence-electron chi connectivity index (χ2n) is 4.23. The van der Waals surface area contributed by atoms with E-state index in [-0.39, 0.29) is 0 Å². The normalized spacial score (nSPS) is 10.4. The first-order valence-electron chi connectivity index (χ1n) is 5.87. The second-order valence-corrected chi connectivity index (χ2v) is 4.23. The maximum atomic E-state index is 5.42. The van der Waals surface area contributed by atoms with Gasteiger partial charge < -0.3 is 14.5 Å². The molecule has 0 fully saturated rings. The molecule has 0 aliphatic carbocycles. The number of ether oxygens (including phenoxy) is 2. The Kier molecular flexibility index (Phi) is 3.62. The first-order chi connectivity index (χ1) is 9.10. The number of aryl methyl sites for hydroxylation is 2. The van der Waals surface area contributed by atoms with Gasteiger partial charge in [-0.15, -0.1) is 0 Å². The largest absolute Gasteiger partial charge is 0.496 e. The zero-order valence-electron chi connectivity index (χ0n) is 11.5. The number of benzene rings is 1. The molecule has 1 aromatic carbocycles. The highest BCUT2D eigenvalue weighted by Gasteiger charge is 2.16. The highest BCUT2D eigenvalue weighted by atomic mass is 16.5. The Hall–Kier alpha value is -2.21. The van der Waals surface area contributed by atoms with Gasteiger partial charge in [-0.3, -0.25) is 5.43 Å².